The number of nitrogens with one attached hydrogen (secondary N) is 1. The van der Waals surface area contributed by atoms with Crippen LogP contribution in [0.4, 0.5) is 0 Å². The molecule has 0 aliphatic carbocycles. The van der Waals surface area contributed by atoms with Crippen molar-refractivity contribution in [2.75, 3.05) is 0 Å². The molecule has 5 nitrogen and oxygen atoms in total. The van der Waals surface area contributed by atoms with Crippen LogP contribution < -0.4 is 5.56 Å². The van der Waals surface area contributed by atoms with Crippen molar-refractivity contribution >= 4 is 10.8 Å². The van der Waals surface area contributed by atoms with Gasteiger partial charge >= 0.3 is 0 Å². The Kier molecular flexibility index (Phi) is 2.04. The average molecular weight is 226 g/mol. The summed E-state index contributed by atoms with van der Waals surface area (Å²) in [5.74, 6) is 0.542. The molecular weight excluding hydrogens is 216 g/mol. The van der Waals surface area contributed by atoms with Gasteiger partial charge < -0.3 is 4.98 Å². The number of nitrogens with zero attached hydrogens (tertiary/aromatic N) is 3. The van der Waals surface area contributed by atoms with Crippen molar-refractivity contribution in [3.63, 3.8) is 0 Å². The maximum Gasteiger partial charge on any atom is 0.280 e. The molecule has 0 saturated carbocycles. The topological polar surface area (TPSA) is 63.6 Å². The van der Waals surface area contributed by atoms with Crippen LogP contribution in [0.2, 0.25) is 0 Å². The van der Waals surface area contributed by atoms with Gasteiger partial charge in [-0.05, 0) is 13.0 Å². The van der Waals surface area contributed by atoms with Crippen molar-refractivity contribution in [2.45, 2.75) is 6.92 Å². The Labute approximate surface area is 96.7 Å². The first-order valence-electron chi connectivity index (χ1n) is 5.25. The molecule has 3 rings (SSSR count). The van der Waals surface area contributed by atoms with Gasteiger partial charge in [0.15, 0.2) is 5.82 Å². The molecule has 0 saturated heterocycles. The molecule has 1 aromatic carbocycles. The minimum absolute atomic E-state index is 0.154. The number of aromatic amines is 1. The zero-order chi connectivity index (χ0) is 11.8. The van der Waals surface area contributed by atoms with Gasteiger partial charge in [0.05, 0.1) is 23.6 Å². The lowest BCUT2D eigenvalue weighted by atomic mass is 10.2. The Bertz CT molecular complexity index is 741. The SMILES string of the molecule is Cc1[nH]cnc1-n1ncc2ccccc2c1=O. The van der Waals surface area contributed by atoms with Gasteiger partial charge in [-0.1, -0.05) is 18.2 Å². The first-order valence-corrected chi connectivity index (χ1v) is 5.25. The van der Waals surface area contributed by atoms with Crippen molar-refractivity contribution in [1.82, 2.24) is 19.7 Å². The van der Waals surface area contributed by atoms with Crippen LogP contribution in [-0.2, 0) is 0 Å². The van der Waals surface area contributed by atoms with Crippen LogP contribution in [0.1, 0.15) is 5.69 Å². The highest BCUT2D eigenvalue weighted by molar-refractivity contribution is 5.80. The van der Waals surface area contributed by atoms with E-state index in [1.165, 1.54) is 4.68 Å². The highest BCUT2D eigenvalue weighted by Gasteiger charge is 2.09. The van der Waals surface area contributed by atoms with E-state index in [0.717, 1.165) is 11.1 Å². The van der Waals surface area contributed by atoms with Crippen molar-refractivity contribution in [1.29, 1.82) is 0 Å². The Morgan fingerprint density at radius 2 is 2.12 bits per heavy atom. The van der Waals surface area contributed by atoms with E-state index in [0.29, 0.717) is 11.2 Å². The summed E-state index contributed by atoms with van der Waals surface area (Å²) in [4.78, 5) is 19.3. The number of H-pyrrole nitrogens is 1. The first-order chi connectivity index (χ1) is 8.27. The second kappa shape index (κ2) is 3.55. The van der Waals surface area contributed by atoms with Crippen molar-refractivity contribution in [3.05, 3.63) is 52.8 Å². The molecule has 0 spiro atoms. The largest absolute Gasteiger partial charge is 0.347 e. The summed E-state index contributed by atoms with van der Waals surface area (Å²) in [7, 11) is 0. The fourth-order valence-electron chi connectivity index (χ4n) is 1.81. The van der Waals surface area contributed by atoms with Gasteiger partial charge in [0.25, 0.3) is 5.56 Å². The normalized spacial score (nSPS) is 10.9. The molecule has 2 heterocycles. The number of benzene rings is 1. The predicted octanol–water partition coefficient (Wildman–Crippen LogP) is 1.42. The minimum Gasteiger partial charge on any atom is -0.347 e. The third-order valence-electron chi connectivity index (χ3n) is 2.70. The molecule has 0 aliphatic rings. The molecule has 0 atom stereocenters. The lowest BCUT2D eigenvalue weighted by Gasteiger charge is -2.03. The van der Waals surface area contributed by atoms with Gasteiger partial charge in [0.1, 0.15) is 0 Å². The first kappa shape index (κ1) is 9.77. The van der Waals surface area contributed by atoms with Gasteiger partial charge in [-0.25, -0.2) is 4.98 Å². The summed E-state index contributed by atoms with van der Waals surface area (Å²) in [6.45, 7) is 1.85. The van der Waals surface area contributed by atoms with Crippen LogP contribution >= 0.6 is 0 Å². The van der Waals surface area contributed by atoms with Crippen LogP contribution in [0, 0.1) is 6.92 Å². The number of fused-ring (bicyclic) bond motifs is 1. The van der Waals surface area contributed by atoms with Gasteiger partial charge in [0, 0.05) is 5.39 Å². The summed E-state index contributed by atoms with van der Waals surface area (Å²) < 4.78 is 1.31. The Balaban J connectivity index is 2.37. The fraction of sp³-hybridized carbons (Fsp3) is 0.0833. The molecule has 0 fully saturated rings. The molecule has 0 unspecified atom stereocenters. The quantitative estimate of drug-likeness (QED) is 0.682. The van der Waals surface area contributed by atoms with Crippen molar-refractivity contribution in [2.24, 2.45) is 0 Å². The van der Waals surface area contributed by atoms with Crippen LogP contribution in [0.15, 0.2) is 41.6 Å². The molecule has 0 bridgehead atoms. The van der Waals surface area contributed by atoms with E-state index in [2.05, 4.69) is 15.1 Å². The molecule has 2 aromatic heterocycles. The van der Waals surface area contributed by atoms with Gasteiger partial charge in [-0.15, -0.1) is 0 Å². The monoisotopic (exact) mass is 226 g/mol. The van der Waals surface area contributed by atoms with E-state index in [9.17, 15) is 4.79 Å². The van der Waals surface area contributed by atoms with E-state index >= 15 is 0 Å². The number of hydrogen-bond acceptors (Lipinski definition) is 3. The maximum absolute atomic E-state index is 12.2. The summed E-state index contributed by atoms with van der Waals surface area (Å²) in [5, 5.41) is 5.61. The number of imidazole rings is 1. The average Bonchev–Trinajstić information content (AvgIpc) is 2.76. The van der Waals surface area contributed by atoms with Gasteiger partial charge in [-0.2, -0.15) is 9.78 Å². The van der Waals surface area contributed by atoms with E-state index in [1.54, 1.807) is 18.6 Å². The van der Waals surface area contributed by atoms with E-state index < -0.39 is 0 Å². The highest BCUT2D eigenvalue weighted by atomic mass is 16.1. The number of hydrogen-bond donors (Lipinski definition) is 1. The molecular formula is C12H10N4O. The minimum atomic E-state index is -0.154. The Hall–Kier alpha value is -2.43. The lowest BCUT2D eigenvalue weighted by molar-refractivity contribution is 0.793. The lowest BCUT2D eigenvalue weighted by Crippen LogP contribution is -2.21. The van der Waals surface area contributed by atoms with E-state index in [-0.39, 0.29) is 5.56 Å². The Morgan fingerprint density at radius 1 is 1.29 bits per heavy atom. The smallest absolute Gasteiger partial charge is 0.280 e. The van der Waals surface area contributed by atoms with Crippen LogP contribution in [-0.4, -0.2) is 19.7 Å². The Morgan fingerprint density at radius 3 is 2.88 bits per heavy atom. The third-order valence-corrected chi connectivity index (χ3v) is 2.70. The second-order valence-corrected chi connectivity index (χ2v) is 3.80. The predicted molar refractivity (Wildman–Crippen MR) is 64.2 cm³/mol. The zero-order valence-electron chi connectivity index (χ0n) is 9.21. The van der Waals surface area contributed by atoms with Crippen molar-refractivity contribution in [3.8, 4) is 5.82 Å². The molecule has 0 radical (unpaired) electrons. The fourth-order valence-corrected chi connectivity index (χ4v) is 1.81. The maximum atomic E-state index is 12.2. The molecule has 5 heteroatoms. The summed E-state index contributed by atoms with van der Waals surface area (Å²) in [6, 6.07) is 7.38. The second-order valence-electron chi connectivity index (χ2n) is 3.80. The molecule has 1 N–H and O–H groups in total. The van der Waals surface area contributed by atoms with Gasteiger partial charge in [-0.3, -0.25) is 4.79 Å². The summed E-state index contributed by atoms with van der Waals surface area (Å²) in [6.07, 6.45) is 3.22. The third kappa shape index (κ3) is 1.44. The standard InChI is InChI=1S/C12H10N4O/c1-8-11(14-7-13-8)16-12(17)10-5-3-2-4-9(10)6-15-16/h2-7H,1H3,(H,13,14). The number of aryl methyl sites for hydroxylation is 1. The number of rotatable bonds is 1. The molecule has 17 heavy (non-hydrogen) atoms. The van der Waals surface area contributed by atoms with E-state index in [4.69, 9.17) is 0 Å². The summed E-state index contributed by atoms with van der Waals surface area (Å²) >= 11 is 0. The highest BCUT2D eigenvalue weighted by Crippen LogP contribution is 2.09. The van der Waals surface area contributed by atoms with Crippen LogP contribution in [0.5, 0.6) is 0 Å². The van der Waals surface area contributed by atoms with Crippen LogP contribution in [0.25, 0.3) is 16.6 Å². The molecule has 0 amide bonds. The molecule has 3 aromatic rings. The zero-order valence-corrected chi connectivity index (χ0v) is 9.21. The molecule has 0 aliphatic heterocycles. The van der Waals surface area contributed by atoms with Crippen LogP contribution in [0.3, 0.4) is 0 Å². The summed E-state index contributed by atoms with van der Waals surface area (Å²) in [5.41, 5.74) is 0.660. The van der Waals surface area contributed by atoms with E-state index in [1.807, 2.05) is 25.1 Å². The number of aromatic nitrogens is 4. The van der Waals surface area contributed by atoms with Crippen molar-refractivity contribution < 1.29 is 0 Å². The molecule has 84 valence electrons. The van der Waals surface area contributed by atoms with Gasteiger partial charge in [0.2, 0.25) is 0 Å².